The summed E-state index contributed by atoms with van der Waals surface area (Å²) in [6.45, 7) is 10.5. The minimum atomic E-state index is -0.540. The zero-order valence-electron chi connectivity index (χ0n) is 17.4. The third kappa shape index (κ3) is 4.19. The maximum absolute atomic E-state index is 13.1. The number of rotatable bonds is 2. The second-order valence-corrected chi connectivity index (χ2v) is 9.23. The standard InChI is InChI=1S/C23H28BrNO3/c1-14-7-8-17(15(2)11-14)21-18-13-20(27-6)19(24)12-16(18)9-10-25(21)22(26)28-23(3,4)5/h7-8,11-13,21H,9-10H2,1-6H3. The number of carbonyl (C=O) groups excluding carboxylic acids is 1. The van der Waals surface area contributed by atoms with Crippen molar-refractivity contribution in [2.24, 2.45) is 0 Å². The van der Waals surface area contributed by atoms with Crippen LogP contribution < -0.4 is 4.74 Å². The van der Waals surface area contributed by atoms with Crippen molar-refractivity contribution in [3.8, 4) is 5.75 Å². The molecule has 0 aliphatic carbocycles. The van der Waals surface area contributed by atoms with Gasteiger partial charge in [-0.05, 0) is 91.4 Å². The number of benzene rings is 2. The van der Waals surface area contributed by atoms with Gasteiger partial charge < -0.3 is 9.47 Å². The first kappa shape index (κ1) is 20.7. The highest BCUT2D eigenvalue weighted by Gasteiger charge is 2.36. The van der Waals surface area contributed by atoms with Crippen LogP contribution in [0, 0.1) is 13.8 Å². The first-order chi connectivity index (χ1) is 13.1. The van der Waals surface area contributed by atoms with Crippen molar-refractivity contribution >= 4 is 22.0 Å². The van der Waals surface area contributed by atoms with Gasteiger partial charge in [-0.15, -0.1) is 0 Å². The molecule has 0 spiro atoms. The molecular weight excluding hydrogens is 418 g/mol. The lowest BCUT2D eigenvalue weighted by atomic mass is 9.86. The maximum Gasteiger partial charge on any atom is 0.411 e. The second-order valence-electron chi connectivity index (χ2n) is 8.37. The average molecular weight is 446 g/mol. The van der Waals surface area contributed by atoms with Crippen LogP contribution in [0.25, 0.3) is 0 Å². The van der Waals surface area contributed by atoms with E-state index in [9.17, 15) is 4.79 Å². The summed E-state index contributed by atoms with van der Waals surface area (Å²) in [6, 6.07) is 10.3. The van der Waals surface area contributed by atoms with E-state index in [1.54, 1.807) is 7.11 Å². The molecule has 0 saturated carbocycles. The van der Waals surface area contributed by atoms with E-state index in [2.05, 4.69) is 54.0 Å². The lowest BCUT2D eigenvalue weighted by molar-refractivity contribution is 0.0177. The lowest BCUT2D eigenvalue weighted by Crippen LogP contribution is -2.43. The first-order valence-electron chi connectivity index (χ1n) is 9.54. The van der Waals surface area contributed by atoms with Crippen LogP contribution in [0.2, 0.25) is 0 Å². The normalized spacial score (nSPS) is 16.5. The summed E-state index contributed by atoms with van der Waals surface area (Å²) in [4.78, 5) is 14.9. The molecule has 1 aliphatic rings. The Morgan fingerprint density at radius 1 is 1.14 bits per heavy atom. The molecule has 150 valence electrons. The molecule has 0 fully saturated rings. The van der Waals surface area contributed by atoms with Crippen LogP contribution in [-0.2, 0) is 11.2 Å². The van der Waals surface area contributed by atoms with Crippen LogP contribution >= 0.6 is 15.9 Å². The van der Waals surface area contributed by atoms with Gasteiger partial charge in [0.05, 0.1) is 17.6 Å². The average Bonchev–Trinajstić information content (AvgIpc) is 2.59. The second kappa shape index (κ2) is 7.78. The van der Waals surface area contributed by atoms with Gasteiger partial charge in [-0.3, -0.25) is 4.90 Å². The van der Waals surface area contributed by atoms with Crippen LogP contribution in [0.3, 0.4) is 0 Å². The number of ether oxygens (including phenoxy) is 2. The summed E-state index contributed by atoms with van der Waals surface area (Å²) in [6.07, 6.45) is 0.489. The molecule has 4 nitrogen and oxygen atoms in total. The van der Waals surface area contributed by atoms with Crippen molar-refractivity contribution in [1.82, 2.24) is 4.90 Å². The monoisotopic (exact) mass is 445 g/mol. The van der Waals surface area contributed by atoms with Gasteiger partial charge in [-0.2, -0.15) is 0 Å². The van der Waals surface area contributed by atoms with Crippen molar-refractivity contribution in [3.63, 3.8) is 0 Å². The summed E-state index contributed by atoms with van der Waals surface area (Å²) in [5, 5.41) is 0. The van der Waals surface area contributed by atoms with E-state index in [1.807, 2.05) is 31.7 Å². The number of nitrogens with zero attached hydrogens (tertiary/aromatic N) is 1. The van der Waals surface area contributed by atoms with Gasteiger partial charge in [-0.1, -0.05) is 23.8 Å². The fraction of sp³-hybridized carbons (Fsp3) is 0.435. The molecule has 2 aromatic carbocycles. The quantitative estimate of drug-likeness (QED) is 0.572. The molecule has 1 aliphatic heterocycles. The van der Waals surface area contributed by atoms with Gasteiger partial charge in [0, 0.05) is 6.54 Å². The molecule has 0 saturated heterocycles. The highest BCUT2D eigenvalue weighted by atomic mass is 79.9. The van der Waals surface area contributed by atoms with Crippen molar-refractivity contribution in [3.05, 3.63) is 62.6 Å². The van der Waals surface area contributed by atoms with E-state index < -0.39 is 5.60 Å². The Labute approximate surface area is 176 Å². The number of aryl methyl sites for hydroxylation is 2. The van der Waals surface area contributed by atoms with E-state index in [-0.39, 0.29) is 12.1 Å². The Bertz CT molecular complexity index is 901. The smallest absolute Gasteiger partial charge is 0.411 e. The Balaban J connectivity index is 2.15. The molecule has 1 atom stereocenters. The fourth-order valence-corrected chi connectivity index (χ4v) is 4.31. The molecule has 0 aromatic heterocycles. The first-order valence-corrected chi connectivity index (χ1v) is 10.3. The Morgan fingerprint density at radius 3 is 2.46 bits per heavy atom. The van der Waals surface area contributed by atoms with Crippen LogP contribution in [-0.4, -0.2) is 30.2 Å². The van der Waals surface area contributed by atoms with E-state index in [0.717, 1.165) is 33.3 Å². The number of halogens is 1. The topological polar surface area (TPSA) is 38.8 Å². The van der Waals surface area contributed by atoms with Gasteiger partial charge >= 0.3 is 6.09 Å². The largest absolute Gasteiger partial charge is 0.496 e. The summed E-state index contributed by atoms with van der Waals surface area (Å²) in [7, 11) is 1.66. The highest BCUT2D eigenvalue weighted by Crippen LogP contribution is 2.41. The van der Waals surface area contributed by atoms with Crippen LogP contribution in [0.5, 0.6) is 5.75 Å². The number of hydrogen-bond acceptors (Lipinski definition) is 3. The molecule has 1 amide bonds. The van der Waals surface area contributed by atoms with Gasteiger partial charge in [-0.25, -0.2) is 4.79 Å². The molecule has 2 aromatic rings. The third-order valence-electron chi connectivity index (χ3n) is 4.99. The molecule has 28 heavy (non-hydrogen) atoms. The molecule has 1 heterocycles. The van der Waals surface area contributed by atoms with Crippen LogP contribution in [0.15, 0.2) is 34.8 Å². The number of carbonyl (C=O) groups is 1. The SMILES string of the molecule is COc1cc2c(cc1Br)CCN(C(=O)OC(C)(C)C)C2c1ccc(C)cc1C. The van der Waals surface area contributed by atoms with E-state index in [1.165, 1.54) is 11.1 Å². The Kier molecular flexibility index (Phi) is 5.76. The minimum absolute atomic E-state index is 0.207. The maximum atomic E-state index is 13.1. The van der Waals surface area contributed by atoms with Crippen LogP contribution in [0.1, 0.15) is 54.6 Å². The Hall–Kier alpha value is -2.01. The third-order valence-corrected chi connectivity index (χ3v) is 5.61. The van der Waals surface area contributed by atoms with Crippen molar-refractivity contribution in [2.75, 3.05) is 13.7 Å². The van der Waals surface area contributed by atoms with Crippen molar-refractivity contribution < 1.29 is 14.3 Å². The molecule has 0 N–H and O–H groups in total. The Morgan fingerprint density at radius 2 is 1.86 bits per heavy atom. The number of methoxy groups -OCH3 is 1. The summed E-state index contributed by atoms with van der Waals surface area (Å²) < 4.78 is 12.2. The number of fused-ring (bicyclic) bond motifs is 1. The molecule has 3 rings (SSSR count). The predicted octanol–water partition coefficient (Wildman–Crippen LogP) is 5.96. The van der Waals surface area contributed by atoms with Gasteiger partial charge in [0.15, 0.2) is 0 Å². The van der Waals surface area contributed by atoms with E-state index in [0.29, 0.717) is 6.54 Å². The van der Waals surface area contributed by atoms with Crippen LogP contribution in [0.4, 0.5) is 4.79 Å². The number of amides is 1. The summed E-state index contributed by atoms with van der Waals surface area (Å²) in [5.74, 6) is 0.763. The molecular formula is C23H28BrNO3. The van der Waals surface area contributed by atoms with E-state index in [4.69, 9.17) is 9.47 Å². The zero-order chi connectivity index (χ0) is 20.6. The number of hydrogen-bond donors (Lipinski definition) is 0. The molecule has 0 bridgehead atoms. The highest BCUT2D eigenvalue weighted by molar-refractivity contribution is 9.10. The fourth-order valence-electron chi connectivity index (χ4n) is 3.76. The molecule has 5 heteroatoms. The van der Waals surface area contributed by atoms with Crippen molar-refractivity contribution in [2.45, 2.75) is 52.7 Å². The van der Waals surface area contributed by atoms with Crippen molar-refractivity contribution in [1.29, 1.82) is 0 Å². The van der Waals surface area contributed by atoms with Gasteiger partial charge in [0.2, 0.25) is 0 Å². The van der Waals surface area contributed by atoms with E-state index >= 15 is 0 Å². The lowest BCUT2D eigenvalue weighted by Gasteiger charge is -2.39. The predicted molar refractivity (Wildman–Crippen MR) is 115 cm³/mol. The van der Waals surface area contributed by atoms with Gasteiger partial charge in [0.1, 0.15) is 11.4 Å². The van der Waals surface area contributed by atoms with Gasteiger partial charge in [0.25, 0.3) is 0 Å². The summed E-state index contributed by atoms with van der Waals surface area (Å²) >= 11 is 3.59. The zero-order valence-corrected chi connectivity index (χ0v) is 19.0. The minimum Gasteiger partial charge on any atom is -0.496 e. The molecule has 0 radical (unpaired) electrons. The summed E-state index contributed by atoms with van der Waals surface area (Å²) in [5.41, 5.74) is 5.24. The molecule has 1 unspecified atom stereocenters.